The van der Waals surface area contributed by atoms with Crippen molar-refractivity contribution in [2.24, 2.45) is 0 Å². The minimum atomic E-state index is -0.186. The molecule has 0 aromatic heterocycles. The highest BCUT2D eigenvalue weighted by molar-refractivity contribution is 6.33. The van der Waals surface area contributed by atoms with E-state index in [1.54, 1.807) is 0 Å². The van der Waals surface area contributed by atoms with Crippen molar-refractivity contribution in [1.29, 1.82) is 5.26 Å². The highest BCUT2D eigenvalue weighted by Crippen LogP contribution is 2.35. The first-order valence-electron chi connectivity index (χ1n) is 11.3. The molecule has 0 saturated carbocycles. The number of nitriles is 1. The van der Waals surface area contributed by atoms with Crippen LogP contribution in [0.15, 0.2) is 103 Å². The third kappa shape index (κ3) is 4.82. The van der Waals surface area contributed by atoms with Crippen molar-refractivity contribution < 1.29 is 4.79 Å². The maximum absolute atomic E-state index is 14.0. The maximum Gasteiger partial charge on any atom is 0.256 e. The van der Waals surface area contributed by atoms with Gasteiger partial charge in [-0.3, -0.25) is 4.79 Å². The fourth-order valence-corrected chi connectivity index (χ4v) is 4.22. The van der Waals surface area contributed by atoms with Crippen molar-refractivity contribution in [3.8, 4) is 6.07 Å². The zero-order valence-corrected chi connectivity index (χ0v) is 19.4. The highest BCUT2D eigenvalue weighted by atomic mass is 16.1. The normalized spacial score (nSPS) is 11.3. The van der Waals surface area contributed by atoms with Gasteiger partial charge in [0.1, 0.15) is 0 Å². The van der Waals surface area contributed by atoms with Gasteiger partial charge in [-0.1, -0.05) is 103 Å². The molecule has 166 valence electrons. The topological polar surface area (TPSA) is 52.9 Å². The summed E-state index contributed by atoms with van der Waals surface area (Å²) in [7, 11) is 0. The Hall–Kier alpha value is -4.42. The van der Waals surface area contributed by atoms with E-state index in [1.165, 1.54) is 0 Å². The molecule has 0 bridgehead atoms. The quantitative estimate of drug-likeness (QED) is 0.259. The first-order chi connectivity index (χ1) is 16.6. The summed E-state index contributed by atoms with van der Waals surface area (Å²) < 4.78 is 0. The summed E-state index contributed by atoms with van der Waals surface area (Å²) >= 11 is 0. The largest absolute Gasteiger partial charge is 0.321 e. The second-order valence-corrected chi connectivity index (χ2v) is 8.20. The number of amides is 1. The van der Waals surface area contributed by atoms with Crippen molar-refractivity contribution in [3.05, 3.63) is 137 Å². The number of nitrogens with one attached hydrogen (secondary N) is 1. The Balaban J connectivity index is 2.02. The average molecular weight is 443 g/mol. The lowest BCUT2D eigenvalue weighted by molar-refractivity contribution is -0.111. The van der Waals surface area contributed by atoms with Crippen LogP contribution in [0.3, 0.4) is 0 Å². The Labute approximate surface area is 201 Å². The van der Waals surface area contributed by atoms with Crippen LogP contribution in [0.25, 0.3) is 11.1 Å². The summed E-state index contributed by atoms with van der Waals surface area (Å²) in [5.74, 6) is -0.186. The molecular weight excluding hydrogens is 416 g/mol. The number of hydrogen-bond donors (Lipinski definition) is 1. The molecule has 0 aliphatic carbocycles. The summed E-state index contributed by atoms with van der Waals surface area (Å²) in [5.41, 5.74) is 7.71. The Kier molecular flexibility index (Phi) is 7.01. The van der Waals surface area contributed by atoms with E-state index in [4.69, 9.17) is 0 Å². The number of carbonyl (C=O) groups is 1. The van der Waals surface area contributed by atoms with E-state index in [9.17, 15) is 10.1 Å². The van der Waals surface area contributed by atoms with Gasteiger partial charge in [-0.2, -0.15) is 5.26 Å². The van der Waals surface area contributed by atoms with Gasteiger partial charge < -0.3 is 5.32 Å². The number of rotatable bonds is 6. The minimum absolute atomic E-state index is 0.186. The lowest BCUT2D eigenvalue weighted by atomic mass is 9.86. The molecule has 0 atom stereocenters. The van der Waals surface area contributed by atoms with Crippen LogP contribution in [-0.2, 0) is 11.2 Å². The Bertz CT molecular complexity index is 1360. The third-order valence-electron chi connectivity index (χ3n) is 5.88. The first-order valence-corrected chi connectivity index (χ1v) is 11.3. The molecule has 0 spiro atoms. The van der Waals surface area contributed by atoms with E-state index >= 15 is 0 Å². The van der Waals surface area contributed by atoms with Crippen molar-refractivity contribution in [2.45, 2.75) is 20.3 Å². The molecule has 1 N–H and O–H groups in total. The summed E-state index contributed by atoms with van der Waals surface area (Å²) in [4.78, 5) is 14.0. The molecular formula is C31H26N2O. The number of carbonyl (C=O) groups excluding carboxylic acids is 1. The molecule has 0 aliphatic rings. The highest BCUT2D eigenvalue weighted by Gasteiger charge is 2.23. The van der Waals surface area contributed by atoms with Gasteiger partial charge in [-0.05, 0) is 47.2 Å². The maximum atomic E-state index is 14.0. The van der Waals surface area contributed by atoms with E-state index < -0.39 is 0 Å². The molecule has 0 saturated heterocycles. The fourth-order valence-electron chi connectivity index (χ4n) is 4.22. The molecule has 4 aromatic rings. The fraction of sp³-hybridized carbons (Fsp3) is 0.0968. The van der Waals surface area contributed by atoms with Gasteiger partial charge in [0.25, 0.3) is 5.91 Å². The van der Waals surface area contributed by atoms with Crippen LogP contribution in [-0.4, -0.2) is 5.91 Å². The molecule has 3 nitrogen and oxygen atoms in total. The van der Waals surface area contributed by atoms with Gasteiger partial charge in [0.2, 0.25) is 0 Å². The van der Waals surface area contributed by atoms with E-state index in [-0.39, 0.29) is 12.3 Å². The van der Waals surface area contributed by atoms with Gasteiger partial charge in [-0.25, -0.2) is 0 Å². The van der Waals surface area contributed by atoms with E-state index in [0.717, 1.165) is 44.6 Å². The number of benzene rings is 4. The number of hydrogen-bond acceptors (Lipinski definition) is 2. The average Bonchev–Trinajstić information content (AvgIpc) is 2.86. The SMILES string of the molecule is Cc1cccc(C)c1NC(=O)/C(=C(/c1ccccc1)c1ccccc1CC#N)c1ccccc1. The Morgan fingerprint density at radius 3 is 1.91 bits per heavy atom. The minimum Gasteiger partial charge on any atom is -0.321 e. The molecule has 0 radical (unpaired) electrons. The monoisotopic (exact) mass is 442 g/mol. The molecule has 4 aromatic carbocycles. The van der Waals surface area contributed by atoms with Crippen LogP contribution < -0.4 is 5.32 Å². The summed E-state index contributed by atoms with van der Waals surface area (Å²) in [6.07, 6.45) is 0.257. The van der Waals surface area contributed by atoms with Crippen molar-refractivity contribution in [3.63, 3.8) is 0 Å². The number of anilines is 1. The van der Waals surface area contributed by atoms with E-state index in [1.807, 2.05) is 117 Å². The van der Waals surface area contributed by atoms with Crippen molar-refractivity contribution in [2.75, 3.05) is 5.32 Å². The van der Waals surface area contributed by atoms with Crippen molar-refractivity contribution >= 4 is 22.7 Å². The van der Waals surface area contributed by atoms with Crippen LogP contribution in [0, 0.1) is 25.2 Å². The predicted molar refractivity (Wildman–Crippen MR) is 139 cm³/mol. The summed E-state index contributed by atoms with van der Waals surface area (Å²) in [6, 6.07) is 35.7. The second kappa shape index (κ2) is 10.5. The Morgan fingerprint density at radius 1 is 0.735 bits per heavy atom. The smallest absolute Gasteiger partial charge is 0.256 e. The lowest BCUT2D eigenvalue weighted by Crippen LogP contribution is -2.17. The molecule has 0 aliphatic heterocycles. The molecule has 0 heterocycles. The van der Waals surface area contributed by atoms with Gasteiger partial charge in [-0.15, -0.1) is 0 Å². The molecule has 0 fully saturated rings. The second-order valence-electron chi connectivity index (χ2n) is 8.20. The summed E-state index contributed by atoms with van der Waals surface area (Å²) in [5, 5.41) is 12.7. The zero-order valence-electron chi connectivity index (χ0n) is 19.4. The number of aryl methyl sites for hydroxylation is 2. The first kappa shape index (κ1) is 22.8. The van der Waals surface area contributed by atoms with Crippen molar-refractivity contribution in [1.82, 2.24) is 0 Å². The molecule has 1 amide bonds. The van der Waals surface area contributed by atoms with Gasteiger partial charge in [0.15, 0.2) is 0 Å². The van der Waals surface area contributed by atoms with Gasteiger partial charge in [0.05, 0.1) is 18.1 Å². The van der Waals surface area contributed by atoms with Crippen LogP contribution in [0.5, 0.6) is 0 Å². The zero-order chi connectivity index (χ0) is 23.9. The molecule has 4 rings (SSSR count). The molecule has 3 heteroatoms. The summed E-state index contributed by atoms with van der Waals surface area (Å²) in [6.45, 7) is 3.99. The lowest BCUT2D eigenvalue weighted by Gasteiger charge is -2.20. The van der Waals surface area contributed by atoms with Crippen LogP contribution in [0.4, 0.5) is 5.69 Å². The van der Waals surface area contributed by atoms with Crippen LogP contribution in [0.2, 0.25) is 0 Å². The number of para-hydroxylation sites is 1. The third-order valence-corrected chi connectivity index (χ3v) is 5.88. The Morgan fingerprint density at radius 2 is 1.29 bits per heavy atom. The predicted octanol–water partition coefficient (Wildman–Crippen LogP) is 6.97. The van der Waals surface area contributed by atoms with E-state index in [0.29, 0.717) is 5.57 Å². The van der Waals surface area contributed by atoms with Gasteiger partial charge >= 0.3 is 0 Å². The number of nitrogens with zero attached hydrogens (tertiary/aromatic N) is 1. The van der Waals surface area contributed by atoms with Crippen LogP contribution in [0.1, 0.15) is 33.4 Å². The van der Waals surface area contributed by atoms with E-state index in [2.05, 4.69) is 11.4 Å². The molecule has 34 heavy (non-hydrogen) atoms. The van der Waals surface area contributed by atoms with Gasteiger partial charge in [0, 0.05) is 11.3 Å². The molecule has 0 unspecified atom stereocenters. The standard InChI is InChI=1S/C31H26N2O/c1-22-12-11-13-23(2)30(22)33-31(34)29(26-17-7-4-8-18-26)28(25-15-5-3-6-16-25)27-19-10-9-14-24(27)20-21-32/h3-19H,20H2,1-2H3,(H,33,34)/b29-28-. The van der Waals surface area contributed by atoms with Crippen LogP contribution >= 0.6 is 0 Å².